The van der Waals surface area contributed by atoms with Crippen LogP contribution in [0.1, 0.15) is 30.9 Å². The number of hydrogen-bond acceptors (Lipinski definition) is 3. The van der Waals surface area contributed by atoms with E-state index in [9.17, 15) is 9.59 Å². The van der Waals surface area contributed by atoms with Gasteiger partial charge in [0.05, 0.1) is 6.10 Å². The molecule has 1 aliphatic heterocycles. The highest BCUT2D eigenvalue weighted by atomic mass is 16.5. The summed E-state index contributed by atoms with van der Waals surface area (Å²) >= 11 is 0. The van der Waals surface area contributed by atoms with E-state index in [1.807, 2.05) is 32.0 Å². The number of anilines is 1. The van der Waals surface area contributed by atoms with E-state index in [0.29, 0.717) is 6.54 Å². The molecule has 1 saturated heterocycles. The lowest BCUT2D eigenvalue weighted by molar-refractivity contribution is -0.123. The summed E-state index contributed by atoms with van der Waals surface area (Å²) < 4.78 is 5.47. The van der Waals surface area contributed by atoms with Gasteiger partial charge in [0.15, 0.2) is 0 Å². The predicted octanol–water partition coefficient (Wildman–Crippen LogP) is 1.95. The molecule has 2 rings (SSSR count). The van der Waals surface area contributed by atoms with E-state index in [2.05, 4.69) is 5.32 Å². The molecule has 1 aliphatic rings. The zero-order valence-electron chi connectivity index (χ0n) is 13.5. The van der Waals surface area contributed by atoms with Gasteiger partial charge in [-0.15, -0.1) is 0 Å². The highest BCUT2D eigenvalue weighted by molar-refractivity contribution is 5.97. The first-order valence-electron chi connectivity index (χ1n) is 7.71. The summed E-state index contributed by atoms with van der Waals surface area (Å²) in [5.74, 6) is -0.306. The number of carbonyl (C=O) groups excluding carboxylic acids is 2. The van der Waals surface area contributed by atoms with Gasteiger partial charge in [-0.05, 0) is 49.9 Å². The Kier molecular flexibility index (Phi) is 5.55. The third-order valence-electron chi connectivity index (χ3n) is 4.03. The number of nitrogens with zero attached hydrogens (tertiary/aromatic N) is 1. The SMILES string of the molecule is CC(=O)N(CC(=O)NCC1CCCO1)c1ccc(C)c(C)c1. The molecule has 120 valence electrons. The van der Waals surface area contributed by atoms with Gasteiger partial charge in [0.1, 0.15) is 6.54 Å². The highest BCUT2D eigenvalue weighted by Gasteiger charge is 2.19. The number of hydrogen-bond donors (Lipinski definition) is 1. The van der Waals surface area contributed by atoms with Crippen LogP contribution in [0.15, 0.2) is 18.2 Å². The number of aryl methyl sites for hydroxylation is 2. The second kappa shape index (κ2) is 7.40. The van der Waals surface area contributed by atoms with Crippen molar-refractivity contribution in [3.8, 4) is 0 Å². The summed E-state index contributed by atoms with van der Waals surface area (Å²) in [6.07, 6.45) is 2.13. The molecule has 0 bridgehead atoms. The van der Waals surface area contributed by atoms with Gasteiger partial charge < -0.3 is 15.0 Å². The summed E-state index contributed by atoms with van der Waals surface area (Å²) in [6, 6.07) is 5.77. The van der Waals surface area contributed by atoms with Crippen molar-refractivity contribution in [1.29, 1.82) is 0 Å². The Morgan fingerprint density at radius 2 is 2.09 bits per heavy atom. The molecule has 1 heterocycles. The normalized spacial score (nSPS) is 17.3. The molecule has 0 radical (unpaired) electrons. The van der Waals surface area contributed by atoms with E-state index < -0.39 is 0 Å². The number of rotatable bonds is 5. The predicted molar refractivity (Wildman–Crippen MR) is 85.9 cm³/mol. The molecule has 2 amide bonds. The van der Waals surface area contributed by atoms with Gasteiger partial charge in [-0.2, -0.15) is 0 Å². The molecule has 1 aromatic carbocycles. The number of benzene rings is 1. The topological polar surface area (TPSA) is 58.6 Å². The van der Waals surface area contributed by atoms with Gasteiger partial charge in [0.25, 0.3) is 0 Å². The fourth-order valence-corrected chi connectivity index (χ4v) is 2.51. The molecule has 1 N–H and O–H groups in total. The number of nitrogens with one attached hydrogen (secondary N) is 1. The summed E-state index contributed by atoms with van der Waals surface area (Å²) in [7, 11) is 0. The van der Waals surface area contributed by atoms with Crippen LogP contribution in [0.2, 0.25) is 0 Å². The van der Waals surface area contributed by atoms with E-state index >= 15 is 0 Å². The first-order chi connectivity index (χ1) is 10.5. The lowest BCUT2D eigenvalue weighted by Crippen LogP contribution is -2.42. The molecule has 1 aromatic rings. The van der Waals surface area contributed by atoms with Crippen LogP contribution in [0.3, 0.4) is 0 Å². The molecule has 1 fully saturated rings. The maximum absolute atomic E-state index is 12.1. The standard InChI is InChI=1S/C17H24N2O3/c1-12-6-7-15(9-13(12)2)19(14(3)20)11-17(21)18-10-16-5-4-8-22-16/h6-7,9,16H,4-5,8,10-11H2,1-3H3,(H,18,21). The van der Waals surface area contributed by atoms with Crippen molar-refractivity contribution in [2.24, 2.45) is 0 Å². The molecule has 0 aliphatic carbocycles. The van der Waals surface area contributed by atoms with Crippen molar-refractivity contribution >= 4 is 17.5 Å². The fourth-order valence-electron chi connectivity index (χ4n) is 2.51. The third kappa shape index (κ3) is 4.31. The first-order valence-corrected chi connectivity index (χ1v) is 7.71. The van der Waals surface area contributed by atoms with Crippen LogP contribution in [0, 0.1) is 13.8 Å². The minimum Gasteiger partial charge on any atom is -0.376 e. The van der Waals surface area contributed by atoms with Crippen LogP contribution >= 0.6 is 0 Å². The van der Waals surface area contributed by atoms with Gasteiger partial charge in [-0.1, -0.05) is 6.07 Å². The van der Waals surface area contributed by atoms with Crippen LogP contribution in [-0.2, 0) is 14.3 Å². The van der Waals surface area contributed by atoms with Crippen molar-refractivity contribution in [3.63, 3.8) is 0 Å². The van der Waals surface area contributed by atoms with Gasteiger partial charge >= 0.3 is 0 Å². The Bertz CT molecular complexity index is 551. The van der Waals surface area contributed by atoms with Gasteiger partial charge in [-0.25, -0.2) is 0 Å². The van der Waals surface area contributed by atoms with Crippen LogP contribution in [0.4, 0.5) is 5.69 Å². The van der Waals surface area contributed by atoms with E-state index in [1.54, 1.807) is 0 Å². The Labute approximate surface area is 131 Å². The van der Waals surface area contributed by atoms with E-state index in [-0.39, 0.29) is 24.5 Å². The molecular formula is C17H24N2O3. The molecule has 0 saturated carbocycles. The number of ether oxygens (including phenoxy) is 1. The van der Waals surface area contributed by atoms with Crippen LogP contribution in [0.25, 0.3) is 0 Å². The van der Waals surface area contributed by atoms with Crippen molar-refractivity contribution < 1.29 is 14.3 Å². The van der Waals surface area contributed by atoms with Gasteiger partial charge in [0, 0.05) is 25.8 Å². The second-order valence-corrected chi connectivity index (χ2v) is 5.81. The fraction of sp³-hybridized carbons (Fsp3) is 0.529. The Balaban J connectivity index is 1.97. The van der Waals surface area contributed by atoms with Crippen LogP contribution in [0.5, 0.6) is 0 Å². The molecular weight excluding hydrogens is 280 g/mol. The third-order valence-corrected chi connectivity index (χ3v) is 4.03. The summed E-state index contributed by atoms with van der Waals surface area (Å²) in [5, 5.41) is 2.85. The minimum atomic E-state index is -0.163. The molecule has 5 nitrogen and oxygen atoms in total. The monoisotopic (exact) mass is 304 g/mol. The lowest BCUT2D eigenvalue weighted by Gasteiger charge is -2.22. The Hall–Kier alpha value is -1.88. The Morgan fingerprint density at radius 1 is 1.32 bits per heavy atom. The second-order valence-electron chi connectivity index (χ2n) is 5.81. The minimum absolute atomic E-state index is 0.0323. The van der Waals surface area contributed by atoms with Crippen molar-refractivity contribution in [1.82, 2.24) is 5.32 Å². The highest BCUT2D eigenvalue weighted by Crippen LogP contribution is 2.19. The lowest BCUT2D eigenvalue weighted by atomic mass is 10.1. The smallest absolute Gasteiger partial charge is 0.240 e. The Morgan fingerprint density at radius 3 is 2.68 bits per heavy atom. The molecule has 22 heavy (non-hydrogen) atoms. The van der Waals surface area contributed by atoms with Gasteiger partial charge in [-0.3, -0.25) is 9.59 Å². The molecule has 0 spiro atoms. The average molecular weight is 304 g/mol. The summed E-state index contributed by atoms with van der Waals surface area (Å²) in [4.78, 5) is 25.4. The zero-order valence-corrected chi connectivity index (χ0v) is 13.5. The quantitative estimate of drug-likeness (QED) is 0.904. The van der Waals surface area contributed by atoms with Crippen molar-refractivity contribution in [2.45, 2.75) is 39.7 Å². The molecule has 1 unspecified atom stereocenters. The average Bonchev–Trinajstić information content (AvgIpc) is 2.98. The maximum Gasteiger partial charge on any atom is 0.240 e. The number of amides is 2. The van der Waals surface area contributed by atoms with E-state index in [1.165, 1.54) is 11.8 Å². The molecule has 1 atom stereocenters. The van der Waals surface area contributed by atoms with Crippen LogP contribution < -0.4 is 10.2 Å². The van der Waals surface area contributed by atoms with E-state index in [4.69, 9.17) is 4.74 Å². The van der Waals surface area contributed by atoms with Gasteiger partial charge in [0.2, 0.25) is 11.8 Å². The summed E-state index contributed by atoms with van der Waals surface area (Å²) in [6.45, 7) is 6.80. The zero-order chi connectivity index (χ0) is 16.1. The van der Waals surface area contributed by atoms with Crippen molar-refractivity contribution in [2.75, 3.05) is 24.6 Å². The van der Waals surface area contributed by atoms with Crippen LogP contribution in [-0.4, -0.2) is 37.6 Å². The number of carbonyl (C=O) groups is 2. The molecule has 5 heteroatoms. The largest absolute Gasteiger partial charge is 0.376 e. The summed E-state index contributed by atoms with van der Waals surface area (Å²) in [5.41, 5.74) is 3.02. The first kappa shape index (κ1) is 16.5. The van der Waals surface area contributed by atoms with E-state index in [0.717, 1.165) is 36.3 Å². The van der Waals surface area contributed by atoms with Crippen molar-refractivity contribution in [3.05, 3.63) is 29.3 Å². The maximum atomic E-state index is 12.1. The molecule has 0 aromatic heterocycles.